The van der Waals surface area contributed by atoms with Crippen molar-refractivity contribution in [1.82, 2.24) is 10.2 Å². The van der Waals surface area contributed by atoms with Crippen molar-refractivity contribution in [3.8, 4) is 0 Å². The molecule has 0 aliphatic carbocycles. The highest BCUT2D eigenvalue weighted by Gasteiger charge is 2.18. The minimum Gasteiger partial charge on any atom is -0.395 e. The Balaban J connectivity index is 3.28. The van der Waals surface area contributed by atoms with E-state index in [1.54, 1.807) is 0 Å². The van der Waals surface area contributed by atoms with Crippen LogP contribution in [-0.4, -0.2) is 40.8 Å². The van der Waals surface area contributed by atoms with Gasteiger partial charge in [0.25, 0.3) is 0 Å². The number of aromatic nitrogens is 2. The average Bonchev–Trinajstić information content (AvgIpc) is 2.31. The highest BCUT2D eigenvalue weighted by atomic mass is 16.3. The van der Waals surface area contributed by atoms with Crippen LogP contribution in [0.5, 0.6) is 0 Å². The van der Waals surface area contributed by atoms with Gasteiger partial charge in [0.2, 0.25) is 0 Å². The maximum atomic E-state index is 9.10. The molecule has 4 N–H and O–H groups in total. The quantitative estimate of drug-likeness (QED) is 0.507. The van der Waals surface area contributed by atoms with Gasteiger partial charge in [-0.3, -0.25) is 5.41 Å². The molecular formula is C12H21N5O. The van der Waals surface area contributed by atoms with Gasteiger partial charge in [0, 0.05) is 13.1 Å². The number of hydrogen-bond donors (Lipinski definition) is 3. The standard InChI is InChI=1S/C12H21N5O/c1-4-5-17(6-7-18)12-10(11(13)14)8(2)9(3)15-16-12/h18H,4-7H2,1-3H3,(H3,13,14). The fourth-order valence-electron chi connectivity index (χ4n) is 1.85. The molecule has 6 heteroatoms. The van der Waals surface area contributed by atoms with Crippen molar-refractivity contribution >= 4 is 11.7 Å². The van der Waals surface area contributed by atoms with Gasteiger partial charge in [0.05, 0.1) is 17.9 Å². The zero-order valence-corrected chi connectivity index (χ0v) is 11.2. The van der Waals surface area contributed by atoms with Crippen molar-refractivity contribution in [1.29, 1.82) is 5.41 Å². The number of amidine groups is 1. The fourth-order valence-corrected chi connectivity index (χ4v) is 1.85. The van der Waals surface area contributed by atoms with E-state index in [2.05, 4.69) is 10.2 Å². The Kier molecular flexibility index (Phi) is 5.03. The number of aliphatic hydroxyl groups is 1. The third kappa shape index (κ3) is 2.95. The van der Waals surface area contributed by atoms with Gasteiger partial charge in [0.1, 0.15) is 5.84 Å². The molecule has 0 fully saturated rings. The Morgan fingerprint density at radius 3 is 2.50 bits per heavy atom. The van der Waals surface area contributed by atoms with Crippen LogP contribution in [0.25, 0.3) is 0 Å². The summed E-state index contributed by atoms with van der Waals surface area (Å²) in [5.41, 5.74) is 7.89. The Morgan fingerprint density at radius 1 is 1.33 bits per heavy atom. The van der Waals surface area contributed by atoms with Crippen molar-refractivity contribution in [3.63, 3.8) is 0 Å². The van der Waals surface area contributed by atoms with Gasteiger partial charge in [-0.25, -0.2) is 0 Å². The van der Waals surface area contributed by atoms with E-state index in [1.165, 1.54) is 0 Å². The number of anilines is 1. The van der Waals surface area contributed by atoms with Crippen LogP contribution in [0.1, 0.15) is 30.2 Å². The molecule has 18 heavy (non-hydrogen) atoms. The number of nitrogen functional groups attached to an aromatic ring is 1. The number of hydrogen-bond acceptors (Lipinski definition) is 5. The van der Waals surface area contributed by atoms with Gasteiger partial charge in [-0.1, -0.05) is 6.92 Å². The second kappa shape index (κ2) is 6.30. The molecule has 0 amide bonds. The Morgan fingerprint density at radius 2 is 2.00 bits per heavy atom. The second-order valence-corrected chi connectivity index (χ2v) is 4.23. The summed E-state index contributed by atoms with van der Waals surface area (Å²) in [7, 11) is 0. The first-order chi connectivity index (χ1) is 8.52. The molecule has 0 aliphatic heterocycles. The zero-order chi connectivity index (χ0) is 13.7. The summed E-state index contributed by atoms with van der Waals surface area (Å²) < 4.78 is 0. The lowest BCUT2D eigenvalue weighted by Crippen LogP contribution is -2.32. The molecule has 0 atom stereocenters. The van der Waals surface area contributed by atoms with Crippen molar-refractivity contribution in [2.45, 2.75) is 27.2 Å². The van der Waals surface area contributed by atoms with Gasteiger partial charge in [0.15, 0.2) is 5.82 Å². The van der Waals surface area contributed by atoms with Crippen LogP contribution >= 0.6 is 0 Å². The average molecular weight is 251 g/mol. The lowest BCUT2D eigenvalue weighted by atomic mass is 10.1. The molecule has 0 spiro atoms. The summed E-state index contributed by atoms with van der Waals surface area (Å²) >= 11 is 0. The van der Waals surface area contributed by atoms with E-state index < -0.39 is 0 Å². The molecule has 1 rings (SSSR count). The van der Waals surface area contributed by atoms with Crippen LogP contribution in [0.4, 0.5) is 5.82 Å². The fraction of sp³-hybridized carbons (Fsp3) is 0.583. The first-order valence-electron chi connectivity index (χ1n) is 6.07. The minimum atomic E-state index is -0.0143. The lowest BCUT2D eigenvalue weighted by molar-refractivity contribution is 0.301. The van der Waals surface area contributed by atoms with E-state index in [9.17, 15) is 0 Å². The van der Waals surface area contributed by atoms with Gasteiger partial charge in [-0.2, -0.15) is 5.10 Å². The highest BCUT2D eigenvalue weighted by molar-refractivity contribution is 6.01. The van der Waals surface area contributed by atoms with E-state index in [4.69, 9.17) is 16.2 Å². The maximum absolute atomic E-state index is 9.10. The largest absolute Gasteiger partial charge is 0.395 e. The summed E-state index contributed by atoms with van der Waals surface area (Å²) in [5, 5.41) is 25.0. The van der Waals surface area contributed by atoms with Gasteiger partial charge in [-0.15, -0.1) is 5.10 Å². The zero-order valence-electron chi connectivity index (χ0n) is 11.2. The summed E-state index contributed by atoms with van der Waals surface area (Å²) in [4.78, 5) is 1.91. The van der Waals surface area contributed by atoms with E-state index in [0.717, 1.165) is 24.2 Å². The molecule has 0 saturated heterocycles. The molecule has 0 bridgehead atoms. The normalized spacial score (nSPS) is 10.4. The molecule has 0 radical (unpaired) electrons. The molecule has 1 aromatic heterocycles. The topological polar surface area (TPSA) is 99.1 Å². The second-order valence-electron chi connectivity index (χ2n) is 4.23. The number of nitrogens with two attached hydrogens (primary N) is 1. The van der Waals surface area contributed by atoms with Crippen LogP contribution in [0.15, 0.2) is 0 Å². The molecule has 0 unspecified atom stereocenters. The predicted octanol–water partition coefficient (Wildman–Crippen LogP) is 0.586. The Bertz CT molecular complexity index is 427. The molecule has 1 heterocycles. The van der Waals surface area contributed by atoms with E-state index in [1.807, 2.05) is 25.7 Å². The first kappa shape index (κ1) is 14.4. The third-order valence-electron chi connectivity index (χ3n) is 2.87. The summed E-state index contributed by atoms with van der Waals surface area (Å²) in [5.74, 6) is 0.570. The van der Waals surface area contributed by atoms with Crippen LogP contribution in [-0.2, 0) is 0 Å². The van der Waals surface area contributed by atoms with E-state index in [0.29, 0.717) is 17.9 Å². The molecule has 0 saturated carbocycles. The van der Waals surface area contributed by atoms with Gasteiger partial charge in [-0.05, 0) is 25.8 Å². The van der Waals surface area contributed by atoms with E-state index in [-0.39, 0.29) is 12.4 Å². The minimum absolute atomic E-state index is 0.0143. The SMILES string of the molecule is CCCN(CCO)c1nnc(C)c(C)c1C(=N)N. The Hall–Kier alpha value is -1.69. The summed E-state index contributed by atoms with van der Waals surface area (Å²) in [6.45, 7) is 7.02. The van der Waals surface area contributed by atoms with Gasteiger partial charge < -0.3 is 15.7 Å². The van der Waals surface area contributed by atoms with E-state index >= 15 is 0 Å². The maximum Gasteiger partial charge on any atom is 0.162 e. The van der Waals surface area contributed by atoms with Crippen LogP contribution < -0.4 is 10.6 Å². The smallest absolute Gasteiger partial charge is 0.162 e. The molecule has 6 nitrogen and oxygen atoms in total. The van der Waals surface area contributed by atoms with Crippen LogP contribution in [0.3, 0.4) is 0 Å². The summed E-state index contributed by atoms with van der Waals surface area (Å²) in [6.07, 6.45) is 0.923. The molecule has 0 aromatic carbocycles. The summed E-state index contributed by atoms with van der Waals surface area (Å²) in [6, 6.07) is 0. The Labute approximate surface area is 107 Å². The van der Waals surface area contributed by atoms with Crippen molar-refractivity contribution in [2.24, 2.45) is 5.73 Å². The molecular weight excluding hydrogens is 230 g/mol. The molecule has 100 valence electrons. The third-order valence-corrected chi connectivity index (χ3v) is 2.87. The first-order valence-corrected chi connectivity index (χ1v) is 6.07. The molecule has 0 aliphatic rings. The number of aryl methyl sites for hydroxylation is 1. The number of nitrogens with zero attached hydrogens (tertiary/aromatic N) is 3. The van der Waals surface area contributed by atoms with Crippen molar-refractivity contribution in [2.75, 3.05) is 24.6 Å². The number of nitrogens with one attached hydrogen (secondary N) is 1. The van der Waals surface area contributed by atoms with Crippen molar-refractivity contribution in [3.05, 3.63) is 16.8 Å². The molecule has 1 aromatic rings. The predicted molar refractivity (Wildman–Crippen MR) is 72.1 cm³/mol. The number of rotatable bonds is 6. The number of aliphatic hydroxyl groups excluding tert-OH is 1. The van der Waals surface area contributed by atoms with Gasteiger partial charge >= 0.3 is 0 Å². The van der Waals surface area contributed by atoms with Crippen molar-refractivity contribution < 1.29 is 5.11 Å². The van der Waals surface area contributed by atoms with Crippen LogP contribution in [0, 0.1) is 19.3 Å². The lowest BCUT2D eigenvalue weighted by Gasteiger charge is -2.24. The van der Waals surface area contributed by atoms with Crippen LogP contribution in [0.2, 0.25) is 0 Å². The highest BCUT2D eigenvalue weighted by Crippen LogP contribution is 2.21. The monoisotopic (exact) mass is 251 g/mol.